The topological polar surface area (TPSA) is 23.5 Å². The first-order valence-electron chi connectivity index (χ1n) is 7.45. The van der Waals surface area contributed by atoms with E-state index in [2.05, 4.69) is 4.90 Å². The van der Waals surface area contributed by atoms with E-state index in [9.17, 15) is 5.11 Å². The number of nitrogens with zero attached hydrogens (tertiary/aromatic N) is 1. The maximum absolute atomic E-state index is 9.55. The first kappa shape index (κ1) is 13.3. The zero-order valence-electron chi connectivity index (χ0n) is 11.3. The van der Waals surface area contributed by atoms with E-state index in [4.69, 9.17) is 11.6 Å². The maximum atomic E-state index is 9.55. The van der Waals surface area contributed by atoms with Gasteiger partial charge in [0, 0.05) is 28.9 Å². The molecule has 1 aliphatic heterocycles. The van der Waals surface area contributed by atoms with Crippen LogP contribution >= 0.6 is 11.6 Å². The molecule has 1 saturated heterocycles. The van der Waals surface area contributed by atoms with Crippen LogP contribution in [0.5, 0.6) is 0 Å². The van der Waals surface area contributed by atoms with E-state index in [1.165, 1.54) is 38.5 Å². The third kappa shape index (κ3) is 2.61. The summed E-state index contributed by atoms with van der Waals surface area (Å²) in [5.41, 5.74) is 2.17. The lowest BCUT2D eigenvalue weighted by atomic mass is 9.95. The van der Waals surface area contributed by atoms with Crippen molar-refractivity contribution in [1.29, 1.82) is 0 Å². The SMILES string of the molecule is OCc1ccc(Cl)cc1N1CCCC1C1CCCC1. The van der Waals surface area contributed by atoms with Gasteiger partial charge in [-0.25, -0.2) is 0 Å². The molecule has 1 aromatic rings. The lowest BCUT2D eigenvalue weighted by molar-refractivity contribution is 0.281. The summed E-state index contributed by atoms with van der Waals surface area (Å²) in [6, 6.07) is 6.52. The third-order valence-corrected chi connectivity index (χ3v) is 5.01. The molecular weight excluding hydrogens is 258 g/mol. The predicted octanol–water partition coefficient (Wildman–Crippen LogP) is 3.99. The van der Waals surface area contributed by atoms with Gasteiger partial charge in [0.1, 0.15) is 0 Å². The molecular formula is C16H22ClNO. The fraction of sp³-hybridized carbons (Fsp3) is 0.625. The van der Waals surface area contributed by atoms with Crippen molar-refractivity contribution in [2.24, 2.45) is 5.92 Å². The van der Waals surface area contributed by atoms with Crippen molar-refractivity contribution in [2.45, 2.75) is 51.2 Å². The minimum atomic E-state index is 0.0976. The third-order valence-electron chi connectivity index (χ3n) is 4.77. The van der Waals surface area contributed by atoms with E-state index in [-0.39, 0.29) is 6.61 Å². The summed E-state index contributed by atoms with van der Waals surface area (Å²) in [6.45, 7) is 1.20. The predicted molar refractivity (Wildman–Crippen MR) is 79.7 cm³/mol. The molecule has 1 unspecified atom stereocenters. The lowest BCUT2D eigenvalue weighted by Crippen LogP contribution is -2.35. The van der Waals surface area contributed by atoms with Crippen LogP contribution in [-0.4, -0.2) is 17.7 Å². The summed E-state index contributed by atoms with van der Waals surface area (Å²) in [5, 5.41) is 10.3. The van der Waals surface area contributed by atoms with Gasteiger partial charge in [-0.1, -0.05) is 30.5 Å². The number of hydrogen-bond donors (Lipinski definition) is 1. The number of anilines is 1. The molecule has 1 aromatic carbocycles. The molecule has 1 N–H and O–H groups in total. The van der Waals surface area contributed by atoms with Crippen molar-refractivity contribution in [3.8, 4) is 0 Å². The molecule has 19 heavy (non-hydrogen) atoms. The van der Waals surface area contributed by atoms with Gasteiger partial charge in [0.15, 0.2) is 0 Å². The van der Waals surface area contributed by atoms with Crippen molar-refractivity contribution in [2.75, 3.05) is 11.4 Å². The average molecular weight is 280 g/mol. The Kier molecular flexibility index (Phi) is 3.99. The Morgan fingerprint density at radius 1 is 1.16 bits per heavy atom. The number of hydrogen-bond acceptors (Lipinski definition) is 2. The normalized spacial score (nSPS) is 24.3. The molecule has 0 amide bonds. The second-order valence-electron chi connectivity index (χ2n) is 5.88. The van der Waals surface area contributed by atoms with Gasteiger partial charge in [-0.2, -0.15) is 0 Å². The van der Waals surface area contributed by atoms with Gasteiger partial charge in [0.25, 0.3) is 0 Å². The highest BCUT2D eigenvalue weighted by molar-refractivity contribution is 6.30. The van der Waals surface area contributed by atoms with E-state index in [1.54, 1.807) is 0 Å². The summed E-state index contributed by atoms with van der Waals surface area (Å²) in [7, 11) is 0. The molecule has 1 atom stereocenters. The number of rotatable bonds is 3. The number of halogens is 1. The largest absolute Gasteiger partial charge is 0.392 e. The van der Waals surface area contributed by atoms with Gasteiger partial charge in [-0.3, -0.25) is 0 Å². The van der Waals surface area contributed by atoms with E-state index in [0.29, 0.717) is 6.04 Å². The molecule has 3 heteroatoms. The van der Waals surface area contributed by atoms with Crippen molar-refractivity contribution in [3.05, 3.63) is 28.8 Å². The second-order valence-corrected chi connectivity index (χ2v) is 6.32. The molecule has 0 bridgehead atoms. The number of aliphatic hydroxyl groups is 1. The van der Waals surface area contributed by atoms with Crippen LogP contribution in [0.2, 0.25) is 5.02 Å². The van der Waals surface area contributed by atoms with E-state index >= 15 is 0 Å². The molecule has 104 valence electrons. The van der Waals surface area contributed by atoms with E-state index in [0.717, 1.165) is 28.7 Å². The fourth-order valence-corrected chi connectivity index (χ4v) is 4.03. The molecule has 1 aliphatic carbocycles. The molecule has 1 heterocycles. The van der Waals surface area contributed by atoms with Gasteiger partial charge >= 0.3 is 0 Å². The highest BCUT2D eigenvalue weighted by Gasteiger charge is 2.34. The van der Waals surface area contributed by atoms with Crippen LogP contribution in [0.15, 0.2) is 18.2 Å². The molecule has 2 nitrogen and oxygen atoms in total. The van der Waals surface area contributed by atoms with Gasteiger partial charge in [0.05, 0.1) is 6.61 Å². The quantitative estimate of drug-likeness (QED) is 0.904. The van der Waals surface area contributed by atoms with Crippen LogP contribution in [0.25, 0.3) is 0 Å². The summed E-state index contributed by atoms with van der Waals surface area (Å²) < 4.78 is 0. The Morgan fingerprint density at radius 2 is 1.95 bits per heavy atom. The summed E-state index contributed by atoms with van der Waals surface area (Å²) in [6.07, 6.45) is 8.07. The average Bonchev–Trinajstić information content (AvgIpc) is 3.09. The van der Waals surface area contributed by atoms with Crippen molar-refractivity contribution < 1.29 is 5.11 Å². The highest BCUT2D eigenvalue weighted by Crippen LogP contribution is 2.39. The molecule has 0 radical (unpaired) electrons. The summed E-state index contributed by atoms with van der Waals surface area (Å²) >= 11 is 6.15. The Hall–Kier alpha value is -0.730. The number of benzene rings is 1. The zero-order valence-corrected chi connectivity index (χ0v) is 12.1. The minimum absolute atomic E-state index is 0.0976. The Balaban J connectivity index is 1.89. The van der Waals surface area contributed by atoms with Crippen LogP contribution in [0.1, 0.15) is 44.1 Å². The Morgan fingerprint density at radius 3 is 2.68 bits per heavy atom. The smallest absolute Gasteiger partial charge is 0.0702 e. The first-order valence-corrected chi connectivity index (χ1v) is 7.83. The highest BCUT2D eigenvalue weighted by atomic mass is 35.5. The van der Waals surface area contributed by atoms with Crippen LogP contribution in [0.4, 0.5) is 5.69 Å². The Labute approximate surface area is 120 Å². The lowest BCUT2D eigenvalue weighted by Gasteiger charge is -2.32. The molecule has 1 saturated carbocycles. The van der Waals surface area contributed by atoms with Crippen LogP contribution in [-0.2, 0) is 6.61 Å². The minimum Gasteiger partial charge on any atom is -0.392 e. The standard InChI is InChI=1S/C16H22ClNO/c17-14-8-7-13(11-19)16(10-14)18-9-3-6-15(18)12-4-1-2-5-12/h7-8,10,12,15,19H,1-6,9,11H2. The van der Waals surface area contributed by atoms with Crippen LogP contribution in [0.3, 0.4) is 0 Å². The molecule has 3 rings (SSSR count). The monoisotopic (exact) mass is 279 g/mol. The van der Waals surface area contributed by atoms with Crippen molar-refractivity contribution in [3.63, 3.8) is 0 Å². The Bertz CT molecular complexity index is 442. The fourth-order valence-electron chi connectivity index (χ4n) is 3.86. The molecule has 0 aromatic heterocycles. The molecule has 0 spiro atoms. The molecule has 2 aliphatic rings. The van der Waals surface area contributed by atoms with E-state index < -0.39 is 0 Å². The zero-order chi connectivity index (χ0) is 13.2. The second kappa shape index (κ2) is 5.72. The van der Waals surface area contributed by atoms with Gasteiger partial charge in [0.2, 0.25) is 0 Å². The number of aliphatic hydroxyl groups excluding tert-OH is 1. The van der Waals surface area contributed by atoms with Gasteiger partial charge in [-0.15, -0.1) is 0 Å². The van der Waals surface area contributed by atoms with Gasteiger partial charge < -0.3 is 10.0 Å². The first-order chi connectivity index (χ1) is 9.29. The van der Waals surface area contributed by atoms with E-state index in [1.807, 2.05) is 18.2 Å². The summed E-state index contributed by atoms with van der Waals surface area (Å²) in [4.78, 5) is 2.51. The summed E-state index contributed by atoms with van der Waals surface area (Å²) in [5.74, 6) is 0.841. The molecule has 2 fully saturated rings. The van der Waals surface area contributed by atoms with Crippen LogP contribution < -0.4 is 4.90 Å². The van der Waals surface area contributed by atoms with Crippen LogP contribution in [0, 0.1) is 5.92 Å². The van der Waals surface area contributed by atoms with Crippen molar-refractivity contribution in [1.82, 2.24) is 0 Å². The van der Waals surface area contributed by atoms with Crippen molar-refractivity contribution >= 4 is 17.3 Å². The van der Waals surface area contributed by atoms with Gasteiger partial charge in [-0.05, 0) is 43.7 Å². The maximum Gasteiger partial charge on any atom is 0.0702 e.